The van der Waals surface area contributed by atoms with E-state index >= 15 is 0 Å². The van der Waals surface area contributed by atoms with Crippen LogP contribution in [0.4, 0.5) is 0 Å². The Morgan fingerprint density at radius 3 is 2.82 bits per heavy atom. The molecule has 0 saturated heterocycles. The van der Waals surface area contributed by atoms with Crippen molar-refractivity contribution in [2.75, 3.05) is 13.2 Å². The molecule has 1 heterocycles. The molecule has 0 aliphatic carbocycles. The maximum atomic E-state index is 11.7. The van der Waals surface area contributed by atoms with Gasteiger partial charge in [0.05, 0.1) is 6.04 Å². The predicted molar refractivity (Wildman–Crippen MR) is 71.2 cm³/mol. The van der Waals surface area contributed by atoms with Crippen molar-refractivity contribution in [1.29, 1.82) is 0 Å². The summed E-state index contributed by atoms with van der Waals surface area (Å²) in [5.41, 5.74) is 0. The Balaban J connectivity index is 2.48. The van der Waals surface area contributed by atoms with Crippen molar-refractivity contribution in [2.24, 2.45) is 5.92 Å². The molecular weight excluding hydrogens is 234 g/mol. The van der Waals surface area contributed by atoms with E-state index in [1.165, 1.54) is 4.88 Å². The Bertz CT molecular complexity index is 322. The third-order valence-electron chi connectivity index (χ3n) is 2.41. The van der Waals surface area contributed by atoms with Crippen molar-refractivity contribution in [1.82, 2.24) is 5.32 Å². The van der Waals surface area contributed by atoms with E-state index in [1.807, 2.05) is 18.4 Å². The van der Waals surface area contributed by atoms with Gasteiger partial charge in [-0.3, -0.25) is 4.79 Å². The highest BCUT2D eigenvalue weighted by Gasteiger charge is 2.18. The van der Waals surface area contributed by atoms with Gasteiger partial charge in [0.1, 0.15) is 6.61 Å². The van der Waals surface area contributed by atoms with E-state index in [4.69, 9.17) is 4.74 Å². The molecule has 0 radical (unpaired) electrons. The van der Waals surface area contributed by atoms with Gasteiger partial charge in [-0.15, -0.1) is 11.3 Å². The summed E-state index contributed by atoms with van der Waals surface area (Å²) in [7, 11) is 0. The fourth-order valence-corrected chi connectivity index (χ4v) is 2.51. The first-order valence-electron chi connectivity index (χ1n) is 6.05. The second kappa shape index (κ2) is 7.45. The summed E-state index contributed by atoms with van der Waals surface area (Å²) >= 11 is 1.67. The maximum Gasteiger partial charge on any atom is 0.246 e. The van der Waals surface area contributed by atoms with Crippen molar-refractivity contribution >= 4 is 17.2 Å². The molecule has 1 amide bonds. The van der Waals surface area contributed by atoms with E-state index in [-0.39, 0.29) is 18.6 Å². The van der Waals surface area contributed by atoms with Crippen LogP contribution in [0.25, 0.3) is 0 Å². The van der Waals surface area contributed by atoms with Gasteiger partial charge < -0.3 is 10.1 Å². The molecule has 1 rings (SSSR count). The average molecular weight is 255 g/mol. The van der Waals surface area contributed by atoms with Crippen molar-refractivity contribution in [3.8, 4) is 0 Å². The molecule has 4 heteroatoms. The second-order valence-corrected chi connectivity index (χ2v) is 5.34. The van der Waals surface area contributed by atoms with Gasteiger partial charge in [-0.2, -0.15) is 0 Å². The van der Waals surface area contributed by atoms with Crippen LogP contribution in [0.5, 0.6) is 0 Å². The zero-order chi connectivity index (χ0) is 12.7. The Kier molecular flexibility index (Phi) is 6.22. The summed E-state index contributed by atoms with van der Waals surface area (Å²) in [5, 5.41) is 5.06. The minimum atomic E-state index is -0.0365. The van der Waals surface area contributed by atoms with Crippen LogP contribution >= 0.6 is 11.3 Å². The van der Waals surface area contributed by atoms with E-state index < -0.39 is 0 Å². The number of amides is 1. The normalized spacial score (nSPS) is 12.7. The highest BCUT2D eigenvalue weighted by atomic mass is 32.1. The molecule has 96 valence electrons. The van der Waals surface area contributed by atoms with Crippen LogP contribution in [0.1, 0.15) is 38.1 Å². The molecule has 1 aromatic heterocycles. The molecule has 1 N–H and O–H groups in total. The van der Waals surface area contributed by atoms with E-state index in [0.29, 0.717) is 12.5 Å². The van der Waals surface area contributed by atoms with Gasteiger partial charge in [-0.1, -0.05) is 26.8 Å². The molecule has 1 unspecified atom stereocenters. The van der Waals surface area contributed by atoms with Gasteiger partial charge in [0, 0.05) is 11.5 Å². The predicted octanol–water partition coefficient (Wildman–Crippen LogP) is 2.99. The van der Waals surface area contributed by atoms with Crippen LogP contribution in [0.3, 0.4) is 0 Å². The van der Waals surface area contributed by atoms with Crippen molar-refractivity contribution in [3.63, 3.8) is 0 Å². The zero-order valence-corrected chi connectivity index (χ0v) is 11.5. The molecular formula is C13H21NO2S. The number of rotatable bonds is 7. The Morgan fingerprint density at radius 2 is 2.29 bits per heavy atom. The molecule has 0 aliphatic rings. The fraction of sp³-hybridized carbons (Fsp3) is 0.615. The number of nitrogens with one attached hydrogen (secondary N) is 1. The summed E-state index contributed by atoms with van der Waals surface area (Å²) in [6.07, 6.45) is 0.936. The Morgan fingerprint density at radius 1 is 1.53 bits per heavy atom. The Hall–Kier alpha value is -0.870. The van der Waals surface area contributed by atoms with Crippen LogP contribution < -0.4 is 5.32 Å². The molecule has 17 heavy (non-hydrogen) atoms. The van der Waals surface area contributed by atoms with Gasteiger partial charge >= 0.3 is 0 Å². The first-order chi connectivity index (χ1) is 8.15. The van der Waals surface area contributed by atoms with Crippen LogP contribution in [-0.4, -0.2) is 19.1 Å². The second-order valence-electron chi connectivity index (χ2n) is 4.36. The van der Waals surface area contributed by atoms with Gasteiger partial charge in [-0.05, 0) is 23.8 Å². The van der Waals surface area contributed by atoms with Crippen LogP contribution in [0.15, 0.2) is 17.5 Å². The van der Waals surface area contributed by atoms with Gasteiger partial charge in [0.15, 0.2) is 0 Å². The van der Waals surface area contributed by atoms with Gasteiger partial charge in [0.25, 0.3) is 0 Å². The van der Waals surface area contributed by atoms with Crippen LogP contribution in [0, 0.1) is 5.92 Å². The molecule has 0 aromatic carbocycles. The molecule has 1 aromatic rings. The zero-order valence-electron chi connectivity index (χ0n) is 10.7. The lowest BCUT2D eigenvalue weighted by molar-refractivity contribution is -0.126. The summed E-state index contributed by atoms with van der Waals surface area (Å²) in [4.78, 5) is 12.9. The van der Waals surface area contributed by atoms with E-state index in [9.17, 15) is 4.79 Å². The lowest BCUT2D eigenvalue weighted by atomic mass is 10.0. The largest absolute Gasteiger partial charge is 0.372 e. The molecule has 1 atom stereocenters. The summed E-state index contributed by atoms with van der Waals surface area (Å²) in [5.74, 6) is 0.342. The number of carbonyl (C=O) groups is 1. The summed E-state index contributed by atoms with van der Waals surface area (Å²) in [6, 6.07) is 4.16. The SMILES string of the molecule is CCCOCC(=O)NC(c1cccs1)C(C)C. The number of hydrogen-bond acceptors (Lipinski definition) is 3. The summed E-state index contributed by atoms with van der Waals surface area (Å²) < 4.78 is 5.23. The van der Waals surface area contributed by atoms with Crippen molar-refractivity contribution in [2.45, 2.75) is 33.2 Å². The van der Waals surface area contributed by atoms with Gasteiger partial charge in [0.2, 0.25) is 5.91 Å². The minimum absolute atomic E-state index is 0.0365. The molecule has 0 bridgehead atoms. The van der Waals surface area contributed by atoms with Crippen LogP contribution in [0.2, 0.25) is 0 Å². The fourth-order valence-electron chi connectivity index (χ4n) is 1.56. The monoisotopic (exact) mass is 255 g/mol. The molecule has 0 aliphatic heterocycles. The standard InChI is InChI=1S/C13H21NO2S/c1-4-7-16-9-12(15)14-13(10(2)3)11-6-5-8-17-11/h5-6,8,10,13H,4,7,9H2,1-3H3,(H,14,15). The third-order valence-corrected chi connectivity index (χ3v) is 3.37. The van der Waals surface area contributed by atoms with Crippen molar-refractivity contribution < 1.29 is 9.53 Å². The first kappa shape index (κ1) is 14.2. The molecule has 3 nitrogen and oxygen atoms in total. The average Bonchev–Trinajstić information content (AvgIpc) is 2.79. The topological polar surface area (TPSA) is 38.3 Å². The van der Waals surface area contributed by atoms with Gasteiger partial charge in [-0.25, -0.2) is 0 Å². The van der Waals surface area contributed by atoms with E-state index in [1.54, 1.807) is 11.3 Å². The van der Waals surface area contributed by atoms with E-state index in [2.05, 4.69) is 25.2 Å². The van der Waals surface area contributed by atoms with E-state index in [0.717, 1.165) is 6.42 Å². The highest BCUT2D eigenvalue weighted by molar-refractivity contribution is 7.10. The lowest BCUT2D eigenvalue weighted by Crippen LogP contribution is -2.34. The summed E-state index contributed by atoms with van der Waals surface area (Å²) in [6.45, 7) is 7.04. The number of ether oxygens (including phenoxy) is 1. The third kappa shape index (κ3) is 4.88. The first-order valence-corrected chi connectivity index (χ1v) is 6.93. The minimum Gasteiger partial charge on any atom is -0.372 e. The number of hydrogen-bond donors (Lipinski definition) is 1. The quantitative estimate of drug-likeness (QED) is 0.761. The molecule has 0 fully saturated rings. The van der Waals surface area contributed by atoms with Crippen LogP contribution in [-0.2, 0) is 9.53 Å². The number of carbonyl (C=O) groups excluding carboxylic acids is 1. The molecule has 0 saturated carbocycles. The lowest BCUT2D eigenvalue weighted by Gasteiger charge is -2.21. The Labute approximate surface area is 107 Å². The maximum absolute atomic E-state index is 11.7. The van der Waals surface area contributed by atoms with Crippen molar-refractivity contribution in [3.05, 3.63) is 22.4 Å². The highest BCUT2D eigenvalue weighted by Crippen LogP contribution is 2.25. The smallest absolute Gasteiger partial charge is 0.246 e. The number of thiophene rings is 1. The molecule has 0 spiro atoms.